The van der Waals surface area contributed by atoms with Crippen molar-refractivity contribution in [2.24, 2.45) is 11.7 Å². The monoisotopic (exact) mass is 308 g/mol. The molecule has 1 saturated carbocycles. The summed E-state index contributed by atoms with van der Waals surface area (Å²) in [5, 5.41) is 0.409. The first kappa shape index (κ1) is 15.7. The number of hydrogen-bond acceptors (Lipinski definition) is 4. The molecule has 3 nitrogen and oxygen atoms in total. The van der Waals surface area contributed by atoms with Crippen molar-refractivity contribution in [2.45, 2.75) is 50.9 Å². The van der Waals surface area contributed by atoms with Crippen molar-refractivity contribution in [3.05, 3.63) is 15.6 Å². The van der Waals surface area contributed by atoms with E-state index in [1.807, 2.05) is 0 Å². The summed E-state index contributed by atoms with van der Waals surface area (Å²) in [4.78, 5) is 3.88. The highest BCUT2D eigenvalue weighted by Crippen LogP contribution is 2.41. The lowest BCUT2D eigenvalue weighted by Gasteiger charge is -2.27. The second-order valence-electron chi connectivity index (χ2n) is 5.08. The van der Waals surface area contributed by atoms with Crippen molar-refractivity contribution in [1.82, 2.24) is 4.98 Å². The Labute approximate surface area is 120 Å². The number of thiazole rings is 1. The van der Waals surface area contributed by atoms with E-state index in [0.29, 0.717) is 5.01 Å². The fourth-order valence-electron chi connectivity index (χ4n) is 2.78. The van der Waals surface area contributed by atoms with E-state index in [-0.39, 0.29) is 23.4 Å². The van der Waals surface area contributed by atoms with Gasteiger partial charge in [0.2, 0.25) is 0 Å². The van der Waals surface area contributed by atoms with E-state index < -0.39 is 11.9 Å². The molecule has 1 heterocycles. The molecule has 0 radical (unpaired) electrons. The zero-order valence-corrected chi connectivity index (χ0v) is 12.2. The molecule has 1 unspecified atom stereocenters. The summed E-state index contributed by atoms with van der Waals surface area (Å²) < 4.78 is 44.2. The number of rotatable bonds is 4. The Bertz CT molecular complexity index is 441. The standard InChI is InChI=1S/C13H19F3N2OS/c1-19-10(8-5-3-2-4-6-8)12-18-11(13(14,15)16)9(7-17)20-12/h8,10H,2-7,17H2,1H3. The van der Waals surface area contributed by atoms with E-state index in [1.54, 1.807) is 0 Å². The highest BCUT2D eigenvalue weighted by atomic mass is 32.1. The first-order chi connectivity index (χ1) is 9.47. The van der Waals surface area contributed by atoms with Crippen LogP contribution < -0.4 is 5.73 Å². The van der Waals surface area contributed by atoms with E-state index in [9.17, 15) is 13.2 Å². The lowest BCUT2D eigenvalue weighted by atomic mass is 9.85. The van der Waals surface area contributed by atoms with Gasteiger partial charge < -0.3 is 10.5 Å². The number of aromatic nitrogens is 1. The Balaban J connectivity index is 2.28. The molecule has 2 rings (SSSR count). The highest BCUT2D eigenvalue weighted by molar-refractivity contribution is 7.11. The molecule has 0 aliphatic heterocycles. The highest BCUT2D eigenvalue weighted by Gasteiger charge is 2.39. The van der Waals surface area contributed by atoms with E-state index >= 15 is 0 Å². The molecule has 1 aromatic heterocycles. The van der Waals surface area contributed by atoms with Gasteiger partial charge in [-0.1, -0.05) is 19.3 Å². The molecule has 1 fully saturated rings. The van der Waals surface area contributed by atoms with Crippen LogP contribution in [0.2, 0.25) is 0 Å². The summed E-state index contributed by atoms with van der Waals surface area (Å²) in [5.41, 5.74) is 4.56. The lowest BCUT2D eigenvalue weighted by molar-refractivity contribution is -0.141. The van der Waals surface area contributed by atoms with Crippen molar-refractivity contribution in [2.75, 3.05) is 7.11 Å². The molecular formula is C13H19F3N2OS. The van der Waals surface area contributed by atoms with Crippen LogP contribution >= 0.6 is 11.3 Å². The molecule has 0 amide bonds. The molecular weight excluding hydrogens is 289 g/mol. The van der Waals surface area contributed by atoms with Gasteiger partial charge in [0.15, 0.2) is 5.69 Å². The van der Waals surface area contributed by atoms with Crippen LogP contribution in [0.3, 0.4) is 0 Å². The summed E-state index contributed by atoms with van der Waals surface area (Å²) >= 11 is 1.03. The van der Waals surface area contributed by atoms with Gasteiger partial charge in [0.25, 0.3) is 0 Å². The average Bonchev–Trinajstić information content (AvgIpc) is 2.85. The van der Waals surface area contributed by atoms with E-state index in [2.05, 4.69) is 4.98 Å². The maximum Gasteiger partial charge on any atom is 0.434 e. The molecule has 0 bridgehead atoms. The number of methoxy groups -OCH3 is 1. The fraction of sp³-hybridized carbons (Fsp3) is 0.769. The molecule has 1 aliphatic carbocycles. The molecule has 2 N–H and O–H groups in total. The van der Waals surface area contributed by atoms with Crippen LogP contribution in [-0.2, 0) is 17.5 Å². The number of nitrogens with two attached hydrogens (primary N) is 1. The van der Waals surface area contributed by atoms with E-state index in [4.69, 9.17) is 10.5 Å². The van der Waals surface area contributed by atoms with Gasteiger partial charge in [-0.3, -0.25) is 0 Å². The summed E-state index contributed by atoms with van der Waals surface area (Å²) in [5.74, 6) is 0.256. The largest absolute Gasteiger partial charge is 0.434 e. The maximum absolute atomic E-state index is 12.9. The van der Waals surface area contributed by atoms with Crippen LogP contribution in [0.15, 0.2) is 0 Å². The third kappa shape index (κ3) is 3.32. The number of halogens is 3. The minimum atomic E-state index is -4.45. The molecule has 0 saturated heterocycles. The molecule has 7 heteroatoms. The first-order valence-electron chi connectivity index (χ1n) is 6.77. The predicted molar refractivity (Wildman–Crippen MR) is 71.3 cm³/mol. The quantitative estimate of drug-likeness (QED) is 0.918. The third-order valence-electron chi connectivity index (χ3n) is 3.74. The van der Waals surface area contributed by atoms with Gasteiger partial charge in [-0.2, -0.15) is 13.2 Å². The first-order valence-corrected chi connectivity index (χ1v) is 7.58. The van der Waals surface area contributed by atoms with Crippen LogP contribution in [0, 0.1) is 5.92 Å². The van der Waals surface area contributed by atoms with Crippen molar-refractivity contribution in [1.29, 1.82) is 0 Å². The second-order valence-corrected chi connectivity index (χ2v) is 6.20. The van der Waals surface area contributed by atoms with Crippen molar-refractivity contribution in [3.63, 3.8) is 0 Å². The summed E-state index contributed by atoms with van der Waals surface area (Å²) in [6, 6.07) is 0. The molecule has 0 spiro atoms. The summed E-state index contributed by atoms with van der Waals surface area (Å²) in [7, 11) is 1.54. The fourth-order valence-corrected chi connectivity index (χ4v) is 3.92. The molecule has 1 aliphatic rings. The van der Waals surface area contributed by atoms with E-state index in [1.165, 1.54) is 13.5 Å². The number of nitrogens with zero attached hydrogens (tertiary/aromatic N) is 1. The maximum atomic E-state index is 12.9. The SMILES string of the molecule is COC(c1nc(C(F)(F)F)c(CN)s1)C1CCCCC1. The summed E-state index contributed by atoms with van der Waals surface area (Å²) in [6.45, 7) is -0.145. The third-order valence-corrected chi connectivity index (χ3v) is 4.88. The van der Waals surface area contributed by atoms with Gasteiger partial charge in [-0.15, -0.1) is 11.3 Å². The molecule has 1 aromatic rings. The minimum Gasteiger partial charge on any atom is -0.374 e. The lowest BCUT2D eigenvalue weighted by Crippen LogP contribution is -2.18. The molecule has 20 heavy (non-hydrogen) atoms. The smallest absolute Gasteiger partial charge is 0.374 e. The van der Waals surface area contributed by atoms with Gasteiger partial charge in [0, 0.05) is 13.7 Å². The summed E-state index contributed by atoms with van der Waals surface area (Å²) in [6.07, 6.45) is 0.564. The van der Waals surface area contributed by atoms with Crippen molar-refractivity contribution in [3.8, 4) is 0 Å². The Morgan fingerprint density at radius 1 is 1.35 bits per heavy atom. The van der Waals surface area contributed by atoms with Gasteiger partial charge >= 0.3 is 6.18 Å². The topological polar surface area (TPSA) is 48.1 Å². The van der Waals surface area contributed by atoms with Crippen LogP contribution in [0.5, 0.6) is 0 Å². The van der Waals surface area contributed by atoms with Gasteiger partial charge in [-0.25, -0.2) is 4.98 Å². The zero-order chi connectivity index (χ0) is 14.8. The predicted octanol–water partition coefficient (Wildman–Crippen LogP) is 3.89. The van der Waals surface area contributed by atoms with Gasteiger partial charge in [0.05, 0.1) is 4.88 Å². The Morgan fingerprint density at radius 2 is 2.00 bits per heavy atom. The number of ether oxygens (including phenoxy) is 1. The van der Waals surface area contributed by atoms with Crippen molar-refractivity contribution >= 4 is 11.3 Å². The Hall–Kier alpha value is -0.660. The molecule has 0 aromatic carbocycles. The Kier molecular flexibility index (Phi) is 5.04. The number of alkyl halides is 3. The van der Waals surface area contributed by atoms with Crippen LogP contribution in [0.1, 0.15) is 53.8 Å². The van der Waals surface area contributed by atoms with Crippen LogP contribution in [-0.4, -0.2) is 12.1 Å². The molecule has 114 valence electrons. The molecule has 1 atom stereocenters. The second kappa shape index (κ2) is 6.41. The Morgan fingerprint density at radius 3 is 2.45 bits per heavy atom. The normalized spacial score (nSPS) is 19.2. The number of hydrogen-bond donors (Lipinski definition) is 1. The van der Waals surface area contributed by atoms with Crippen LogP contribution in [0.25, 0.3) is 0 Å². The minimum absolute atomic E-state index is 0.0883. The average molecular weight is 308 g/mol. The van der Waals surface area contributed by atoms with E-state index in [0.717, 1.165) is 37.0 Å². The van der Waals surface area contributed by atoms with Gasteiger partial charge in [0.1, 0.15) is 11.1 Å². The van der Waals surface area contributed by atoms with Crippen LogP contribution in [0.4, 0.5) is 13.2 Å². The zero-order valence-electron chi connectivity index (χ0n) is 11.4. The van der Waals surface area contributed by atoms with Gasteiger partial charge in [-0.05, 0) is 18.8 Å². The van der Waals surface area contributed by atoms with Crippen molar-refractivity contribution < 1.29 is 17.9 Å².